The molecule has 2 aliphatic rings. The van der Waals surface area contributed by atoms with Gasteiger partial charge in [-0.2, -0.15) is 0 Å². The number of benzene rings is 3. The summed E-state index contributed by atoms with van der Waals surface area (Å²) in [7, 11) is 4.54. The lowest BCUT2D eigenvalue weighted by Crippen LogP contribution is -2.21. The van der Waals surface area contributed by atoms with Crippen LogP contribution in [0.4, 0.5) is 0 Å². The summed E-state index contributed by atoms with van der Waals surface area (Å²) in [6.07, 6.45) is 1.68. The molecule has 8 nitrogen and oxygen atoms in total. The number of hydrogen-bond acceptors (Lipinski definition) is 8. The number of aromatic hydroxyl groups is 1. The minimum absolute atomic E-state index is 0.0811. The maximum atomic E-state index is 13.2. The third kappa shape index (κ3) is 3.82. The highest BCUT2D eigenvalue weighted by Gasteiger charge is 2.38. The molecule has 0 aliphatic carbocycles. The summed E-state index contributed by atoms with van der Waals surface area (Å²) >= 11 is 0. The number of carbonyl (C=O) groups excluding carboxylic acids is 2. The van der Waals surface area contributed by atoms with Gasteiger partial charge in [0, 0.05) is 11.5 Å². The Balaban J connectivity index is 1.59. The number of esters is 1. The predicted octanol–water partition coefficient (Wildman–Crippen LogP) is 4.48. The van der Waals surface area contributed by atoms with Crippen molar-refractivity contribution in [2.24, 2.45) is 0 Å². The Morgan fingerprint density at radius 3 is 2.23 bits per heavy atom. The highest BCUT2D eigenvalue weighted by atomic mass is 16.5. The Kier molecular flexibility index (Phi) is 5.56. The zero-order valence-electron chi connectivity index (χ0n) is 19.3. The number of carbonyl (C=O) groups is 2. The molecule has 5 rings (SSSR count). The SMILES string of the molecule is COc1cc(/C=C2\Oc3c(ccc4c3[C@H](c3ccc(O)cc3)CC(=O)O4)C2=O)cc(OC)c1OC. The lowest BCUT2D eigenvalue weighted by atomic mass is 9.84. The van der Waals surface area contributed by atoms with Crippen molar-refractivity contribution in [2.75, 3.05) is 21.3 Å². The molecule has 1 N–H and O–H groups in total. The number of phenols is 1. The molecule has 3 aromatic carbocycles. The number of ketones is 1. The molecule has 0 bridgehead atoms. The van der Waals surface area contributed by atoms with Gasteiger partial charge in [0.25, 0.3) is 0 Å². The van der Waals surface area contributed by atoms with Gasteiger partial charge in [0.05, 0.1) is 33.3 Å². The van der Waals surface area contributed by atoms with Crippen LogP contribution >= 0.6 is 0 Å². The molecular formula is C27H22O8. The summed E-state index contributed by atoms with van der Waals surface area (Å²) in [5, 5.41) is 9.68. The number of hydrogen-bond donors (Lipinski definition) is 1. The van der Waals surface area contributed by atoms with Crippen LogP contribution in [0.2, 0.25) is 0 Å². The summed E-state index contributed by atoms with van der Waals surface area (Å²) in [6.45, 7) is 0. The van der Waals surface area contributed by atoms with Gasteiger partial charge in [-0.05, 0) is 53.6 Å². The third-order valence-electron chi connectivity index (χ3n) is 6.06. The van der Waals surface area contributed by atoms with E-state index in [0.29, 0.717) is 45.4 Å². The first kappa shape index (κ1) is 22.3. The summed E-state index contributed by atoms with van der Waals surface area (Å²) in [5.41, 5.74) is 2.41. The molecule has 0 radical (unpaired) electrons. The van der Waals surface area contributed by atoms with Crippen LogP contribution in [0.15, 0.2) is 54.3 Å². The van der Waals surface area contributed by atoms with Gasteiger partial charge in [-0.15, -0.1) is 0 Å². The van der Waals surface area contributed by atoms with Crippen LogP contribution in [0, 0.1) is 0 Å². The second kappa shape index (κ2) is 8.72. The normalized spacial score (nSPS) is 17.3. The number of phenolic OH excluding ortho intramolecular Hbond substituents is 1. The molecule has 0 saturated carbocycles. The summed E-state index contributed by atoms with van der Waals surface area (Å²) in [6, 6.07) is 13.2. The van der Waals surface area contributed by atoms with Crippen LogP contribution in [0.3, 0.4) is 0 Å². The van der Waals surface area contributed by atoms with Crippen molar-refractivity contribution in [3.05, 3.63) is 76.5 Å². The molecule has 0 saturated heterocycles. The first-order chi connectivity index (χ1) is 16.9. The van der Waals surface area contributed by atoms with Gasteiger partial charge < -0.3 is 28.8 Å². The van der Waals surface area contributed by atoms with Gasteiger partial charge in [0.15, 0.2) is 17.3 Å². The fraction of sp³-hybridized carbons (Fsp3) is 0.185. The van der Waals surface area contributed by atoms with Crippen LogP contribution < -0.4 is 23.7 Å². The lowest BCUT2D eigenvalue weighted by Gasteiger charge is -2.26. The molecule has 35 heavy (non-hydrogen) atoms. The number of methoxy groups -OCH3 is 3. The predicted molar refractivity (Wildman–Crippen MR) is 126 cm³/mol. The molecule has 1 atom stereocenters. The Morgan fingerprint density at radius 2 is 1.60 bits per heavy atom. The maximum Gasteiger partial charge on any atom is 0.312 e. The number of ether oxygens (including phenoxy) is 5. The molecule has 0 spiro atoms. The minimum Gasteiger partial charge on any atom is -0.508 e. The van der Waals surface area contributed by atoms with Crippen molar-refractivity contribution in [3.8, 4) is 34.5 Å². The first-order valence-corrected chi connectivity index (χ1v) is 10.8. The van der Waals surface area contributed by atoms with Gasteiger partial charge in [0.1, 0.15) is 17.2 Å². The van der Waals surface area contributed by atoms with E-state index in [1.807, 2.05) is 0 Å². The Hall–Kier alpha value is -4.46. The molecule has 8 heteroatoms. The summed E-state index contributed by atoms with van der Waals surface area (Å²) in [5.74, 6) is 1.19. The topological polar surface area (TPSA) is 101 Å². The van der Waals surface area contributed by atoms with Crippen molar-refractivity contribution in [2.45, 2.75) is 12.3 Å². The second-order valence-corrected chi connectivity index (χ2v) is 8.07. The number of allylic oxidation sites excluding steroid dienone is 1. The highest BCUT2D eigenvalue weighted by Crippen LogP contribution is 2.49. The van der Waals surface area contributed by atoms with Crippen LogP contribution in [0.5, 0.6) is 34.5 Å². The Morgan fingerprint density at radius 1 is 0.914 bits per heavy atom. The largest absolute Gasteiger partial charge is 0.508 e. The van der Waals surface area contributed by atoms with Gasteiger partial charge in [0.2, 0.25) is 11.5 Å². The van der Waals surface area contributed by atoms with E-state index in [4.69, 9.17) is 23.7 Å². The van der Waals surface area contributed by atoms with Crippen LogP contribution in [0.25, 0.3) is 6.08 Å². The second-order valence-electron chi connectivity index (χ2n) is 8.07. The smallest absolute Gasteiger partial charge is 0.312 e. The number of rotatable bonds is 5. The molecular weight excluding hydrogens is 452 g/mol. The molecule has 2 heterocycles. The zero-order chi connectivity index (χ0) is 24.7. The average molecular weight is 474 g/mol. The quantitative estimate of drug-likeness (QED) is 0.328. The van der Waals surface area contributed by atoms with Gasteiger partial charge in [-0.1, -0.05) is 12.1 Å². The molecule has 0 aromatic heterocycles. The molecule has 0 fully saturated rings. The van der Waals surface area contributed by atoms with Crippen molar-refractivity contribution in [3.63, 3.8) is 0 Å². The first-order valence-electron chi connectivity index (χ1n) is 10.8. The average Bonchev–Trinajstić information content (AvgIpc) is 3.18. The van der Waals surface area contributed by atoms with Crippen LogP contribution in [0.1, 0.15) is 39.4 Å². The fourth-order valence-electron chi connectivity index (χ4n) is 4.43. The third-order valence-corrected chi connectivity index (χ3v) is 6.06. The minimum atomic E-state index is -0.393. The summed E-state index contributed by atoms with van der Waals surface area (Å²) in [4.78, 5) is 25.5. The van der Waals surface area contributed by atoms with Crippen molar-refractivity contribution in [1.29, 1.82) is 0 Å². The Bertz CT molecular complexity index is 1350. The van der Waals surface area contributed by atoms with Gasteiger partial charge in [-0.3, -0.25) is 9.59 Å². The van der Waals surface area contributed by atoms with E-state index in [9.17, 15) is 14.7 Å². The lowest BCUT2D eigenvalue weighted by molar-refractivity contribution is -0.135. The van der Waals surface area contributed by atoms with E-state index in [1.165, 1.54) is 21.3 Å². The maximum absolute atomic E-state index is 13.2. The standard InChI is InChI=1S/C27H22O8/c1-31-21-11-14(12-22(32-2)27(21)33-3)10-20-25(30)17-8-9-19-24(26(17)35-20)18(13-23(29)34-19)15-4-6-16(28)7-5-15/h4-12,18,28H,13H2,1-3H3/b20-10-/t18-/m0/s1. The van der Waals surface area contributed by atoms with Crippen LogP contribution in [-0.2, 0) is 4.79 Å². The molecule has 2 aliphatic heterocycles. The van der Waals surface area contributed by atoms with Crippen molar-refractivity contribution < 1.29 is 38.4 Å². The molecule has 0 unspecified atom stereocenters. The van der Waals surface area contributed by atoms with E-state index in [1.54, 1.807) is 54.6 Å². The number of Topliss-reactive ketones (excluding diaryl/α,β-unsaturated/α-hetero) is 1. The van der Waals surface area contributed by atoms with E-state index < -0.39 is 5.92 Å². The van der Waals surface area contributed by atoms with Crippen molar-refractivity contribution in [1.82, 2.24) is 0 Å². The summed E-state index contributed by atoms with van der Waals surface area (Å²) < 4.78 is 27.7. The molecule has 0 amide bonds. The van der Waals surface area contributed by atoms with E-state index in [0.717, 1.165) is 5.56 Å². The van der Waals surface area contributed by atoms with E-state index in [2.05, 4.69) is 0 Å². The molecule has 178 valence electrons. The van der Waals surface area contributed by atoms with Crippen molar-refractivity contribution >= 4 is 17.8 Å². The Labute approximate surface area is 201 Å². The van der Waals surface area contributed by atoms with E-state index >= 15 is 0 Å². The van der Waals surface area contributed by atoms with Gasteiger partial charge in [-0.25, -0.2) is 0 Å². The number of fused-ring (bicyclic) bond motifs is 3. The zero-order valence-corrected chi connectivity index (χ0v) is 19.3. The van der Waals surface area contributed by atoms with E-state index in [-0.39, 0.29) is 29.7 Å². The fourth-order valence-corrected chi connectivity index (χ4v) is 4.43. The monoisotopic (exact) mass is 474 g/mol. The van der Waals surface area contributed by atoms with Gasteiger partial charge >= 0.3 is 5.97 Å². The van der Waals surface area contributed by atoms with Crippen LogP contribution in [-0.4, -0.2) is 38.2 Å². The molecule has 3 aromatic rings. The highest BCUT2D eigenvalue weighted by molar-refractivity contribution is 6.15.